The highest BCUT2D eigenvalue weighted by molar-refractivity contribution is 6.60. The summed E-state index contributed by atoms with van der Waals surface area (Å²) < 4.78 is 10.6. The van der Waals surface area contributed by atoms with Gasteiger partial charge < -0.3 is 30.7 Å². The first kappa shape index (κ1) is 29.7. The second-order valence-corrected chi connectivity index (χ2v) is 10.7. The van der Waals surface area contributed by atoms with E-state index in [2.05, 4.69) is 36.4 Å². The molecule has 13 nitrogen and oxygen atoms in total. The maximum Gasteiger partial charge on any atom is 0.253 e. The molecular formula is C25H33B3N8O5. The van der Waals surface area contributed by atoms with Crippen LogP contribution in [-0.2, 0) is 20.9 Å². The maximum atomic E-state index is 13.2. The van der Waals surface area contributed by atoms with Gasteiger partial charge in [-0.3, -0.25) is 14.4 Å². The van der Waals surface area contributed by atoms with E-state index in [-0.39, 0.29) is 30.2 Å². The third-order valence-electron chi connectivity index (χ3n) is 6.05. The van der Waals surface area contributed by atoms with Crippen molar-refractivity contribution in [1.29, 1.82) is 0 Å². The molecule has 0 unspecified atom stereocenters. The smallest absolute Gasteiger partial charge is 0.253 e. The van der Waals surface area contributed by atoms with Crippen molar-refractivity contribution in [3.05, 3.63) is 42.2 Å². The summed E-state index contributed by atoms with van der Waals surface area (Å²) in [5.74, 6) is 0.202. The fourth-order valence-electron chi connectivity index (χ4n) is 4.00. The topological polar surface area (TPSA) is 161 Å². The molecule has 1 aliphatic carbocycles. The van der Waals surface area contributed by atoms with E-state index in [4.69, 9.17) is 9.47 Å². The molecule has 1 aromatic carbocycles. The average Bonchev–Trinajstić information content (AvgIpc) is 3.66. The van der Waals surface area contributed by atoms with E-state index in [1.807, 2.05) is 41.7 Å². The lowest BCUT2D eigenvalue weighted by molar-refractivity contribution is -0.124. The molecule has 4 N–H and O–H groups in total. The number of rotatable bonds is 13. The molecule has 1 fully saturated rings. The molecule has 0 bridgehead atoms. The summed E-state index contributed by atoms with van der Waals surface area (Å²) in [6.07, 6.45) is 4.78. The van der Waals surface area contributed by atoms with Crippen LogP contribution in [0.2, 0.25) is 0 Å². The second kappa shape index (κ2) is 12.9. The number of ether oxygens (including phenoxy) is 2. The number of aromatic nitrogens is 4. The standard InChI is InChI=1S/C25H33B3N8O5/c1-40-13-21(37)29-8-9-36-31-12-19(35-36)15-4-3-5-17(22(15)41-2)32-18-10-20(33-23(38)14-6-7-14)30-11-16(18)24(39)34-25(26,27)28/h3-5,10-12,14H,6-9,13,26-28H2,1-2H3,(H,29,37)(H,34,39)(H2,30,32,33,38). The average molecular weight is 558 g/mol. The molecule has 3 aromatic rings. The van der Waals surface area contributed by atoms with Crippen LogP contribution in [0.3, 0.4) is 0 Å². The number of carbonyl (C=O) groups is 3. The molecule has 4 rings (SSSR count). The van der Waals surface area contributed by atoms with Crippen LogP contribution in [0.5, 0.6) is 5.75 Å². The fraction of sp³-hybridized carbons (Fsp3) is 0.360. The van der Waals surface area contributed by atoms with Gasteiger partial charge in [-0.1, -0.05) is 6.07 Å². The predicted molar refractivity (Wildman–Crippen MR) is 162 cm³/mol. The van der Waals surface area contributed by atoms with Gasteiger partial charge in [0, 0.05) is 37.4 Å². The van der Waals surface area contributed by atoms with E-state index >= 15 is 0 Å². The monoisotopic (exact) mass is 558 g/mol. The molecule has 41 heavy (non-hydrogen) atoms. The first-order chi connectivity index (χ1) is 19.6. The normalized spacial score (nSPS) is 12.8. The van der Waals surface area contributed by atoms with Gasteiger partial charge in [0.25, 0.3) is 5.91 Å². The van der Waals surface area contributed by atoms with E-state index in [9.17, 15) is 14.4 Å². The Bertz CT molecular complexity index is 1420. The van der Waals surface area contributed by atoms with Crippen molar-refractivity contribution in [3.8, 4) is 17.0 Å². The number of methoxy groups -OCH3 is 2. The lowest BCUT2D eigenvalue weighted by atomic mass is 9.49. The van der Waals surface area contributed by atoms with Crippen LogP contribution in [0, 0.1) is 5.92 Å². The number of para-hydroxylation sites is 1. The lowest BCUT2D eigenvalue weighted by Crippen LogP contribution is -2.50. The van der Waals surface area contributed by atoms with Crippen LogP contribution < -0.4 is 26.0 Å². The van der Waals surface area contributed by atoms with Crippen LogP contribution in [0.25, 0.3) is 11.3 Å². The van der Waals surface area contributed by atoms with Gasteiger partial charge in [-0.15, -0.1) is 0 Å². The number of benzene rings is 1. The molecule has 0 aliphatic heterocycles. The van der Waals surface area contributed by atoms with Crippen LogP contribution in [-0.4, -0.2) is 93.8 Å². The third-order valence-corrected chi connectivity index (χ3v) is 6.05. The molecule has 1 aliphatic rings. The van der Waals surface area contributed by atoms with E-state index in [1.165, 1.54) is 18.1 Å². The Balaban J connectivity index is 1.60. The van der Waals surface area contributed by atoms with Crippen molar-refractivity contribution in [2.75, 3.05) is 38.0 Å². The van der Waals surface area contributed by atoms with E-state index < -0.39 is 5.24 Å². The predicted octanol–water partition coefficient (Wildman–Crippen LogP) is -1.56. The second-order valence-electron chi connectivity index (χ2n) is 10.7. The zero-order valence-electron chi connectivity index (χ0n) is 23.9. The summed E-state index contributed by atoms with van der Waals surface area (Å²) in [5, 5.41) is 20.2. The minimum absolute atomic E-state index is 0.00361. The number of pyridine rings is 1. The molecule has 2 aromatic heterocycles. The Hall–Kier alpha value is -4.33. The zero-order valence-corrected chi connectivity index (χ0v) is 23.9. The minimum Gasteiger partial charge on any atom is -0.494 e. The van der Waals surface area contributed by atoms with Gasteiger partial charge in [0.1, 0.15) is 41.7 Å². The largest absolute Gasteiger partial charge is 0.494 e. The van der Waals surface area contributed by atoms with E-state index in [0.717, 1.165) is 12.8 Å². The number of hydrogen-bond acceptors (Lipinski definition) is 9. The number of hydrogen-bond donors (Lipinski definition) is 4. The summed E-state index contributed by atoms with van der Waals surface area (Å²) in [5.41, 5.74) is 2.55. The number of nitrogens with zero attached hydrogens (tertiary/aromatic N) is 4. The van der Waals surface area contributed by atoms with Gasteiger partial charge in [0.2, 0.25) is 11.8 Å². The summed E-state index contributed by atoms with van der Waals surface area (Å²) in [6, 6.07) is 7.13. The molecule has 0 radical (unpaired) electrons. The maximum absolute atomic E-state index is 13.2. The molecule has 0 atom stereocenters. The van der Waals surface area contributed by atoms with Gasteiger partial charge in [-0.05, 0) is 30.2 Å². The van der Waals surface area contributed by atoms with Gasteiger partial charge in [-0.2, -0.15) is 15.0 Å². The highest BCUT2D eigenvalue weighted by Crippen LogP contribution is 2.38. The van der Waals surface area contributed by atoms with Crippen LogP contribution in [0.4, 0.5) is 17.2 Å². The van der Waals surface area contributed by atoms with Crippen molar-refractivity contribution >= 4 is 58.5 Å². The number of anilines is 3. The van der Waals surface area contributed by atoms with Crippen molar-refractivity contribution in [2.24, 2.45) is 5.92 Å². The van der Waals surface area contributed by atoms with Crippen molar-refractivity contribution < 1.29 is 23.9 Å². The quantitative estimate of drug-likeness (QED) is 0.182. The summed E-state index contributed by atoms with van der Waals surface area (Å²) >= 11 is 0. The van der Waals surface area contributed by atoms with E-state index in [1.54, 1.807) is 19.4 Å². The van der Waals surface area contributed by atoms with Crippen molar-refractivity contribution in [1.82, 2.24) is 30.6 Å². The summed E-state index contributed by atoms with van der Waals surface area (Å²) in [7, 11) is 8.68. The van der Waals surface area contributed by atoms with Crippen molar-refractivity contribution in [3.63, 3.8) is 0 Å². The Morgan fingerprint density at radius 1 is 1.12 bits per heavy atom. The van der Waals surface area contributed by atoms with Crippen LogP contribution in [0.1, 0.15) is 23.2 Å². The molecule has 212 valence electrons. The Kier molecular flexibility index (Phi) is 9.33. The molecule has 16 heteroatoms. The summed E-state index contributed by atoms with van der Waals surface area (Å²) in [4.78, 5) is 43.0. The van der Waals surface area contributed by atoms with E-state index in [0.29, 0.717) is 52.9 Å². The molecule has 0 saturated heterocycles. The first-order valence-electron chi connectivity index (χ1n) is 13.3. The molecular weight excluding hydrogens is 525 g/mol. The minimum atomic E-state index is -0.469. The Labute approximate surface area is 240 Å². The van der Waals surface area contributed by atoms with Gasteiger partial charge in [0.05, 0.1) is 36.8 Å². The molecule has 3 amide bonds. The first-order valence-corrected chi connectivity index (χ1v) is 13.3. The highest BCUT2D eigenvalue weighted by Gasteiger charge is 2.30. The SMILES string of the molecule is BC(B)(B)NC(=O)c1cnc(NC(=O)C2CC2)cc1Nc1cccc(-c2cnn(CCNC(=O)COC)n2)c1OC. The number of nitrogens with one attached hydrogen (secondary N) is 4. The molecule has 1 saturated carbocycles. The number of carbonyl (C=O) groups excluding carboxylic acids is 3. The highest BCUT2D eigenvalue weighted by atomic mass is 16.5. The van der Waals surface area contributed by atoms with Gasteiger partial charge in [0.15, 0.2) is 5.75 Å². The Morgan fingerprint density at radius 2 is 1.90 bits per heavy atom. The van der Waals surface area contributed by atoms with Crippen molar-refractivity contribution in [2.45, 2.75) is 24.6 Å². The number of amides is 3. The van der Waals surface area contributed by atoms with Crippen LogP contribution in [0.15, 0.2) is 36.7 Å². The molecule has 0 spiro atoms. The third kappa shape index (κ3) is 8.10. The van der Waals surface area contributed by atoms with Gasteiger partial charge >= 0.3 is 0 Å². The summed E-state index contributed by atoms with van der Waals surface area (Å²) in [6.45, 7) is 0.699. The Morgan fingerprint density at radius 3 is 2.59 bits per heavy atom. The fourth-order valence-corrected chi connectivity index (χ4v) is 4.00. The van der Waals surface area contributed by atoms with Gasteiger partial charge in [-0.25, -0.2) is 4.98 Å². The lowest BCUT2D eigenvalue weighted by Gasteiger charge is -2.22. The molecule has 2 heterocycles. The zero-order chi connectivity index (χ0) is 29.6. The van der Waals surface area contributed by atoms with Crippen LogP contribution >= 0.6 is 0 Å².